The van der Waals surface area contributed by atoms with Gasteiger partial charge in [0.2, 0.25) is 9.84 Å². The van der Waals surface area contributed by atoms with Crippen molar-refractivity contribution in [3.05, 3.63) is 60.3 Å². The smallest absolute Gasteiger partial charge is 0.221 e. The fourth-order valence-electron chi connectivity index (χ4n) is 3.45. The first-order valence-electron chi connectivity index (χ1n) is 8.89. The van der Waals surface area contributed by atoms with Crippen LogP contribution in [0.3, 0.4) is 0 Å². The Labute approximate surface area is 166 Å². The summed E-state index contributed by atoms with van der Waals surface area (Å²) in [6.07, 6.45) is 3.40. The maximum Gasteiger partial charge on any atom is 0.221 e. The highest BCUT2D eigenvalue weighted by Crippen LogP contribution is 2.39. The van der Waals surface area contributed by atoms with E-state index in [2.05, 4.69) is 20.2 Å². The van der Waals surface area contributed by atoms with Crippen LogP contribution in [-0.2, 0) is 9.84 Å². The summed E-state index contributed by atoms with van der Waals surface area (Å²) in [6, 6.07) is 13.8. The van der Waals surface area contributed by atoms with Crippen molar-refractivity contribution in [1.82, 2.24) is 15.2 Å². The van der Waals surface area contributed by atoms with Gasteiger partial charge in [0.25, 0.3) is 0 Å². The maximum absolute atomic E-state index is 13.0. The molecule has 0 saturated heterocycles. The number of anilines is 2. The normalized spacial score (nSPS) is 13.6. The third-order valence-electron chi connectivity index (χ3n) is 4.90. The molecule has 9 heteroatoms. The van der Waals surface area contributed by atoms with Crippen molar-refractivity contribution in [3.63, 3.8) is 0 Å². The maximum atomic E-state index is 13.0. The summed E-state index contributed by atoms with van der Waals surface area (Å²) in [7, 11) is -2.08. The molecule has 146 valence electrons. The minimum Gasteiger partial charge on any atom is -0.494 e. The zero-order valence-corrected chi connectivity index (χ0v) is 16.3. The van der Waals surface area contributed by atoms with Gasteiger partial charge in [-0.2, -0.15) is 5.10 Å². The highest BCUT2D eigenvalue weighted by molar-refractivity contribution is 7.91. The molecule has 0 radical (unpaired) electrons. The molecular weight excluding hydrogens is 390 g/mol. The second-order valence-electron chi connectivity index (χ2n) is 6.62. The van der Waals surface area contributed by atoms with E-state index < -0.39 is 9.84 Å². The number of H-pyrrole nitrogens is 2. The predicted molar refractivity (Wildman–Crippen MR) is 110 cm³/mol. The standard InChI is InChI=1S/C20H17N5O3S/c1-28-18-9-16-13(11-22-24-16)7-17(18)25-12-21-10-14-8-19(23-20(14)25)29(26,27)15-5-3-2-4-6-15/h2-11,23H,12H2,1H3,(H,22,24). The number of nitrogens with one attached hydrogen (secondary N) is 2. The summed E-state index contributed by atoms with van der Waals surface area (Å²) >= 11 is 0. The lowest BCUT2D eigenvalue weighted by molar-refractivity contribution is 0.416. The second-order valence-corrected chi connectivity index (χ2v) is 8.53. The van der Waals surface area contributed by atoms with Crippen LogP contribution in [0.2, 0.25) is 0 Å². The molecule has 29 heavy (non-hydrogen) atoms. The Balaban J connectivity index is 1.64. The van der Waals surface area contributed by atoms with Crippen molar-refractivity contribution in [2.24, 2.45) is 4.99 Å². The van der Waals surface area contributed by atoms with Crippen molar-refractivity contribution in [2.75, 3.05) is 18.7 Å². The van der Waals surface area contributed by atoms with Gasteiger partial charge in [0.1, 0.15) is 23.3 Å². The first-order valence-corrected chi connectivity index (χ1v) is 10.4. The molecule has 0 amide bonds. The summed E-state index contributed by atoms with van der Waals surface area (Å²) in [6.45, 7) is 0.331. The van der Waals surface area contributed by atoms with Crippen LogP contribution in [0.5, 0.6) is 5.75 Å². The largest absolute Gasteiger partial charge is 0.494 e. The lowest BCUT2D eigenvalue weighted by Crippen LogP contribution is -2.22. The molecule has 3 heterocycles. The van der Waals surface area contributed by atoms with Crippen LogP contribution in [0.15, 0.2) is 69.6 Å². The number of benzene rings is 2. The van der Waals surface area contributed by atoms with Gasteiger partial charge in [-0.05, 0) is 24.3 Å². The molecule has 8 nitrogen and oxygen atoms in total. The number of ether oxygens (including phenoxy) is 1. The van der Waals surface area contributed by atoms with Crippen molar-refractivity contribution in [2.45, 2.75) is 9.92 Å². The molecule has 5 rings (SSSR count). The van der Waals surface area contributed by atoms with E-state index in [1.807, 2.05) is 17.0 Å². The van der Waals surface area contributed by atoms with Crippen LogP contribution in [0.25, 0.3) is 10.9 Å². The average molecular weight is 407 g/mol. The Morgan fingerprint density at radius 3 is 2.76 bits per heavy atom. The van der Waals surface area contributed by atoms with Crippen LogP contribution in [0, 0.1) is 0 Å². The molecule has 0 spiro atoms. The molecule has 2 aromatic carbocycles. The Morgan fingerprint density at radius 2 is 1.97 bits per heavy atom. The van der Waals surface area contributed by atoms with E-state index in [0.717, 1.165) is 16.6 Å². The van der Waals surface area contributed by atoms with E-state index in [4.69, 9.17) is 4.74 Å². The summed E-state index contributed by atoms with van der Waals surface area (Å²) in [5, 5.41) is 8.02. The molecule has 4 aromatic rings. The van der Waals surface area contributed by atoms with E-state index in [1.165, 1.54) is 0 Å². The molecule has 0 bridgehead atoms. The summed E-state index contributed by atoms with van der Waals surface area (Å²) in [4.78, 5) is 9.61. The Bertz CT molecular complexity index is 1340. The molecule has 0 fully saturated rings. The fourth-order valence-corrected chi connectivity index (χ4v) is 4.73. The van der Waals surface area contributed by atoms with Crippen LogP contribution >= 0.6 is 0 Å². The predicted octanol–water partition coefficient (Wildman–Crippen LogP) is 3.26. The number of methoxy groups -OCH3 is 1. The summed E-state index contributed by atoms with van der Waals surface area (Å²) in [5.74, 6) is 1.28. The van der Waals surface area contributed by atoms with E-state index >= 15 is 0 Å². The number of aromatic amines is 2. The van der Waals surface area contributed by atoms with E-state index in [-0.39, 0.29) is 9.92 Å². The summed E-state index contributed by atoms with van der Waals surface area (Å²) < 4.78 is 31.6. The lowest BCUT2D eigenvalue weighted by Gasteiger charge is -2.26. The third-order valence-corrected chi connectivity index (χ3v) is 6.59. The topological polar surface area (TPSA) is 103 Å². The number of aliphatic imine (C=N–C) groups is 1. The average Bonchev–Trinajstić information content (AvgIpc) is 3.40. The van der Waals surface area contributed by atoms with Crippen LogP contribution < -0.4 is 9.64 Å². The Hall–Kier alpha value is -3.59. The lowest BCUT2D eigenvalue weighted by atomic mass is 10.2. The monoisotopic (exact) mass is 407 g/mol. The number of sulfone groups is 1. The van der Waals surface area contributed by atoms with Crippen LogP contribution in [-0.4, -0.2) is 43.6 Å². The quantitative estimate of drug-likeness (QED) is 0.540. The van der Waals surface area contributed by atoms with Gasteiger partial charge < -0.3 is 14.6 Å². The first-order chi connectivity index (χ1) is 14.1. The Morgan fingerprint density at radius 1 is 1.14 bits per heavy atom. The molecular formula is C20H17N5O3S. The van der Waals surface area contributed by atoms with Gasteiger partial charge in [-0.3, -0.25) is 10.1 Å². The number of aromatic nitrogens is 3. The van der Waals surface area contributed by atoms with Crippen molar-refractivity contribution >= 4 is 38.5 Å². The molecule has 2 aromatic heterocycles. The molecule has 1 aliphatic rings. The molecule has 0 atom stereocenters. The van der Waals surface area contributed by atoms with Gasteiger partial charge in [0.15, 0.2) is 0 Å². The van der Waals surface area contributed by atoms with E-state index in [0.29, 0.717) is 23.8 Å². The number of hydrogen-bond donors (Lipinski definition) is 2. The van der Waals surface area contributed by atoms with E-state index in [1.54, 1.807) is 55.9 Å². The second kappa shape index (κ2) is 6.49. The highest BCUT2D eigenvalue weighted by Gasteiger charge is 2.27. The fraction of sp³-hybridized carbons (Fsp3) is 0.100. The molecule has 2 N–H and O–H groups in total. The zero-order chi connectivity index (χ0) is 20.0. The number of nitrogens with zero attached hydrogens (tertiary/aromatic N) is 3. The van der Waals surface area contributed by atoms with Gasteiger partial charge in [0, 0.05) is 23.2 Å². The van der Waals surface area contributed by atoms with E-state index in [9.17, 15) is 8.42 Å². The number of fused-ring (bicyclic) bond motifs is 2. The highest BCUT2D eigenvalue weighted by atomic mass is 32.2. The minimum absolute atomic E-state index is 0.121. The molecule has 0 unspecified atom stereocenters. The number of rotatable bonds is 4. The minimum atomic E-state index is -3.67. The van der Waals surface area contributed by atoms with Gasteiger partial charge in [-0.25, -0.2) is 8.42 Å². The van der Waals surface area contributed by atoms with Crippen LogP contribution in [0.1, 0.15) is 5.56 Å². The molecule has 0 aliphatic carbocycles. The van der Waals surface area contributed by atoms with Gasteiger partial charge in [-0.1, -0.05) is 18.2 Å². The SMILES string of the molecule is COc1cc2[nH]ncc2cc1N1CN=Cc2cc(S(=O)(=O)c3ccccc3)[nH]c21. The van der Waals surface area contributed by atoms with Crippen molar-refractivity contribution in [3.8, 4) is 5.75 Å². The number of hydrogen-bond acceptors (Lipinski definition) is 6. The molecule has 1 aliphatic heterocycles. The zero-order valence-electron chi connectivity index (χ0n) is 15.5. The first kappa shape index (κ1) is 17.5. The third kappa shape index (κ3) is 2.78. The Kier molecular flexibility index (Phi) is 3.92. The molecule has 0 saturated carbocycles. The van der Waals surface area contributed by atoms with Gasteiger partial charge in [0.05, 0.1) is 29.4 Å². The van der Waals surface area contributed by atoms with Crippen LogP contribution in [0.4, 0.5) is 11.5 Å². The van der Waals surface area contributed by atoms with Gasteiger partial charge in [-0.15, -0.1) is 0 Å². The summed E-state index contributed by atoms with van der Waals surface area (Å²) in [5.41, 5.74) is 2.32. The van der Waals surface area contributed by atoms with Crippen molar-refractivity contribution < 1.29 is 13.2 Å². The van der Waals surface area contributed by atoms with Gasteiger partial charge >= 0.3 is 0 Å². The van der Waals surface area contributed by atoms with Crippen molar-refractivity contribution in [1.29, 1.82) is 0 Å².